The lowest BCUT2D eigenvalue weighted by atomic mass is 10.4. The van der Waals surface area contributed by atoms with Gasteiger partial charge in [0.05, 0.1) is 13.3 Å². The van der Waals surface area contributed by atoms with E-state index in [2.05, 4.69) is 25.5 Å². The van der Waals surface area contributed by atoms with Gasteiger partial charge in [-0.3, -0.25) is 0 Å². The van der Waals surface area contributed by atoms with Gasteiger partial charge in [0, 0.05) is 20.0 Å². The summed E-state index contributed by atoms with van der Waals surface area (Å²) in [5.41, 5.74) is 0. The number of hydrogen-bond acceptors (Lipinski definition) is 6. The number of anilines is 1. The minimum atomic E-state index is 0.278. The molecule has 96 valence electrons. The Balaban J connectivity index is 1.96. The molecule has 0 radical (unpaired) electrons. The van der Waals surface area contributed by atoms with Crippen LogP contribution in [0, 0.1) is 0 Å². The molecule has 0 aliphatic heterocycles. The molecule has 0 saturated carbocycles. The number of rotatable bonds is 5. The quantitative estimate of drug-likeness (QED) is 0.869. The molecule has 2 heterocycles. The Bertz CT molecular complexity index is 529. The van der Waals surface area contributed by atoms with Gasteiger partial charge in [0.15, 0.2) is 5.82 Å². The molecule has 0 aliphatic carbocycles. The molecule has 1 N–H and O–H groups in total. The Morgan fingerprint density at radius 3 is 3.00 bits per heavy atom. The Morgan fingerprint density at radius 1 is 1.50 bits per heavy atom. The summed E-state index contributed by atoms with van der Waals surface area (Å²) in [6, 6.07) is 0.278. The first-order valence-electron chi connectivity index (χ1n) is 5.34. The minimum absolute atomic E-state index is 0.278. The number of hydrogen-bond donors (Lipinski definition) is 1. The zero-order valence-corrected chi connectivity index (χ0v) is 10.8. The first-order chi connectivity index (χ1) is 8.70. The first kappa shape index (κ1) is 12.6. The third-order valence-electron chi connectivity index (χ3n) is 2.35. The Morgan fingerprint density at radius 2 is 2.33 bits per heavy atom. The van der Waals surface area contributed by atoms with Crippen molar-refractivity contribution in [1.82, 2.24) is 24.7 Å². The van der Waals surface area contributed by atoms with Crippen LogP contribution in [-0.4, -0.2) is 38.4 Å². The molecule has 0 atom stereocenters. The van der Waals surface area contributed by atoms with E-state index in [1.807, 2.05) is 11.6 Å². The molecule has 0 aromatic carbocycles. The van der Waals surface area contributed by atoms with Gasteiger partial charge in [-0.25, -0.2) is 4.98 Å². The highest BCUT2D eigenvalue weighted by Crippen LogP contribution is 2.19. The second-order valence-corrected chi connectivity index (χ2v) is 4.00. The zero-order valence-electron chi connectivity index (χ0n) is 10.1. The number of halogens is 1. The van der Waals surface area contributed by atoms with Crippen LogP contribution in [0.15, 0.2) is 12.5 Å². The van der Waals surface area contributed by atoms with E-state index in [1.165, 1.54) is 13.3 Å². The highest BCUT2D eigenvalue weighted by Gasteiger charge is 2.06. The minimum Gasteiger partial charge on any atom is -0.467 e. The number of aryl methyl sites for hydroxylation is 1. The van der Waals surface area contributed by atoms with Gasteiger partial charge in [-0.1, -0.05) is 11.6 Å². The second-order valence-electron chi connectivity index (χ2n) is 3.59. The fraction of sp³-hybridized carbons (Fsp3) is 0.400. The molecule has 0 saturated heterocycles. The van der Waals surface area contributed by atoms with Crippen LogP contribution in [0.1, 0.15) is 5.82 Å². The largest absolute Gasteiger partial charge is 0.467 e. The highest BCUT2D eigenvalue weighted by atomic mass is 35.5. The number of nitrogens with zero attached hydrogens (tertiary/aromatic N) is 5. The van der Waals surface area contributed by atoms with E-state index in [9.17, 15) is 0 Å². The Labute approximate surface area is 109 Å². The SMILES string of the molecule is COc1ncc(Cl)c(NCCc2nncn2C)n1. The van der Waals surface area contributed by atoms with Crippen LogP contribution in [-0.2, 0) is 13.5 Å². The lowest BCUT2D eigenvalue weighted by Gasteiger charge is -2.07. The number of nitrogens with one attached hydrogen (secondary N) is 1. The molecule has 0 bridgehead atoms. The van der Waals surface area contributed by atoms with Crippen molar-refractivity contribution in [3.8, 4) is 6.01 Å². The van der Waals surface area contributed by atoms with Crippen LogP contribution >= 0.6 is 11.6 Å². The van der Waals surface area contributed by atoms with Crippen LogP contribution < -0.4 is 10.1 Å². The molecule has 2 rings (SSSR count). The molecule has 2 aromatic rings. The topological polar surface area (TPSA) is 77.8 Å². The lowest BCUT2D eigenvalue weighted by Crippen LogP contribution is -2.10. The van der Waals surface area contributed by atoms with Crippen LogP contribution in [0.5, 0.6) is 6.01 Å². The summed E-state index contributed by atoms with van der Waals surface area (Å²) >= 11 is 5.97. The van der Waals surface area contributed by atoms with E-state index in [0.29, 0.717) is 17.4 Å². The zero-order chi connectivity index (χ0) is 13.0. The molecule has 0 fully saturated rings. The average Bonchev–Trinajstić information content (AvgIpc) is 2.77. The summed E-state index contributed by atoms with van der Waals surface area (Å²) in [6.07, 6.45) is 3.88. The predicted molar refractivity (Wildman–Crippen MR) is 66.8 cm³/mol. The maximum absolute atomic E-state index is 5.97. The van der Waals surface area contributed by atoms with Gasteiger partial charge < -0.3 is 14.6 Å². The van der Waals surface area contributed by atoms with Gasteiger partial charge >= 0.3 is 6.01 Å². The van der Waals surface area contributed by atoms with Crippen molar-refractivity contribution < 1.29 is 4.74 Å². The van der Waals surface area contributed by atoms with E-state index < -0.39 is 0 Å². The molecule has 0 aliphatic rings. The van der Waals surface area contributed by atoms with Crippen molar-refractivity contribution in [2.75, 3.05) is 19.0 Å². The van der Waals surface area contributed by atoms with Gasteiger partial charge in [-0.15, -0.1) is 10.2 Å². The van der Waals surface area contributed by atoms with Crippen LogP contribution in [0.3, 0.4) is 0 Å². The molecule has 7 nitrogen and oxygen atoms in total. The van der Waals surface area contributed by atoms with E-state index in [-0.39, 0.29) is 6.01 Å². The van der Waals surface area contributed by atoms with Crippen molar-refractivity contribution >= 4 is 17.4 Å². The van der Waals surface area contributed by atoms with Gasteiger partial charge in [0.1, 0.15) is 17.2 Å². The smallest absolute Gasteiger partial charge is 0.318 e. The molecule has 2 aromatic heterocycles. The molecule has 8 heteroatoms. The summed E-state index contributed by atoms with van der Waals surface area (Å²) in [7, 11) is 3.41. The molecule has 0 amide bonds. The van der Waals surface area contributed by atoms with E-state index in [1.54, 1.807) is 6.33 Å². The van der Waals surface area contributed by atoms with Gasteiger partial charge in [0.25, 0.3) is 0 Å². The number of ether oxygens (including phenoxy) is 1. The Kier molecular flexibility index (Phi) is 3.93. The van der Waals surface area contributed by atoms with Crippen LogP contribution in [0.4, 0.5) is 5.82 Å². The van der Waals surface area contributed by atoms with Gasteiger partial charge in [-0.2, -0.15) is 4.98 Å². The van der Waals surface area contributed by atoms with E-state index in [4.69, 9.17) is 16.3 Å². The van der Waals surface area contributed by atoms with Crippen molar-refractivity contribution in [2.45, 2.75) is 6.42 Å². The van der Waals surface area contributed by atoms with E-state index >= 15 is 0 Å². The third-order valence-corrected chi connectivity index (χ3v) is 2.63. The summed E-state index contributed by atoms with van der Waals surface area (Å²) in [4.78, 5) is 8.01. The molecule has 0 unspecified atom stereocenters. The maximum atomic E-state index is 5.97. The summed E-state index contributed by atoms with van der Waals surface area (Å²) < 4.78 is 6.80. The fourth-order valence-corrected chi connectivity index (χ4v) is 1.56. The standard InChI is InChI=1S/C10H13ClN6O/c1-17-6-14-16-8(17)3-4-12-9-7(11)5-13-10(15-9)18-2/h5-6H,3-4H2,1-2H3,(H,12,13,15). The normalized spacial score (nSPS) is 10.4. The predicted octanol–water partition coefficient (Wildman–Crippen LogP) is 0.922. The maximum Gasteiger partial charge on any atom is 0.318 e. The monoisotopic (exact) mass is 268 g/mol. The van der Waals surface area contributed by atoms with Crippen molar-refractivity contribution in [2.24, 2.45) is 7.05 Å². The fourth-order valence-electron chi connectivity index (χ4n) is 1.40. The van der Waals surface area contributed by atoms with Crippen LogP contribution in [0.2, 0.25) is 5.02 Å². The second kappa shape index (κ2) is 5.63. The van der Waals surface area contributed by atoms with Gasteiger partial charge in [-0.05, 0) is 0 Å². The number of aromatic nitrogens is 5. The summed E-state index contributed by atoms with van der Waals surface area (Å²) in [6.45, 7) is 0.645. The van der Waals surface area contributed by atoms with Crippen molar-refractivity contribution in [3.63, 3.8) is 0 Å². The molecular formula is C10H13ClN6O. The third kappa shape index (κ3) is 2.86. The van der Waals surface area contributed by atoms with Crippen LogP contribution in [0.25, 0.3) is 0 Å². The van der Waals surface area contributed by atoms with Crippen molar-refractivity contribution in [3.05, 3.63) is 23.4 Å². The first-order valence-corrected chi connectivity index (χ1v) is 5.71. The highest BCUT2D eigenvalue weighted by molar-refractivity contribution is 6.32. The molecule has 18 heavy (non-hydrogen) atoms. The lowest BCUT2D eigenvalue weighted by molar-refractivity contribution is 0.380. The van der Waals surface area contributed by atoms with E-state index in [0.717, 1.165) is 12.2 Å². The summed E-state index contributed by atoms with van der Waals surface area (Å²) in [5.74, 6) is 1.44. The molecule has 0 spiro atoms. The average molecular weight is 269 g/mol. The van der Waals surface area contributed by atoms with Gasteiger partial charge in [0.2, 0.25) is 0 Å². The molecular weight excluding hydrogens is 256 g/mol. The van der Waals surface area contributed by atoms with Crippen molar-refractivity contribution in [1.29, 1.82) is 0 Å². The summed E-state index contributed by atoms with van der Waals surface area (Å²) in [5, 5.41) is 11.4. The number of methoxy groups -OCH3 is 1. The Hall–Kier alpha value is -1.89.